The van der Waals surface area contributed by atoms with E-state index in [1.54, 1.807) is 12.1 Å². The Balaban J connectivity index is 1.45. The van der Waals surface area contributed by atoms with Gasteiger partial charge in [0.1, 0.15) is 23.9 Å². The molecule has 1 fully saturated rings. The van der Waals surface area contributed by atoms with Gasteiger partial charge < -0.3 is 14.3 Å². The zero-order chi connectivity index (χ0) is 23.5. The Morgan fingerprint density at radius 2 is 1.91 bits per heavy atom. The number of carbonyl (C=O) groups is 3. The number of carbonyl (C=O) groups excluding carboxylic acids is 2. The molecule has 0 aliphatic carbocycles. The highest BCUT2D eigenvalue weighted by molar-refractivity contribution is 8.18. The summed E-state index contributed by atoms with van der Waals surface area (Å²) in [6, 6.07) is 15.0. The highest BCUT2D eigenvalue weighted by atomic mass is 35.5. The first-order valence-corrected chi connectivity index (χ1v) is 11.1. The van der Waals surface area contributed by atoms with Gasteiger partial charge in [0, 0.05) is 11.6 Å². The summed E-state index contributed by atoms with van der Waals surface area (Å²) in [6.45, 7) is 2.27. The average Bonchev–Trinajstić information content (AvgIpc) is 3.35. The SMILES string of the molecule is Cc1ccc(OCCN2C(=O)S/C(=C\c3ccc(-c4cc(C(=O)O)ccc4Cl)o3)C2=O)cc1. The summed E-state index contributed by atoms with van der Waals surface area (Å²) in [4.78, 5) is 37.6. The van der Waals surface area contributed by atoms with Crippen LogP contribution in [0.5, 0.6) is 5.75 Å². The fourth-order valence-corrected chi connectivity index (χ4v) is 4.19. The van der Waals surface area contributed by atoms with Crippen LogP contribution in [0.1, 0.15) is 21.7 Å². The zero-order valence-corrected chi connectivity index (χ0v) is 19.0. The number of thioether (sulfide) groups is 1. The van der Waals surface area contributed by atoms with Gasteiger partial charge in [0.15, 0.2) is 0 Å². The summed E-state index contributed by atoms with van der Waals surface area (Å²) in [6.07, 6.45) is 1.48. The summed E-state index contributed by atoms with van der Waals surface area (Å²) in [5, 5.41) is 9.13. The maximum Gasteiger partial charge on any atom is 0.335 e. The fraction of sp³-hybridized carbons (Fsp3) is 0.125. The van der Waals surface area contributed by atoms with Crippen LogP contribution in [0, 0.1) is 6.92 Å². The highest BCUT2D eigenvalue weighted by Gasteiger charge is 2.35. The fourth-order valence-electron chi connectivity index (χ4n) is 3.13. The Labute approximate surface area is 198 Å². The lowest BCUT2D eigenvalue weighted by atomic mass is 10.1. The van der Waals surface area contributed by atoms with Crippen molar-refractivity contribution in [3.8, 4) is 17.1 Å². The van der Waals surface area contributed by atoms with Gasteiger partial charge in [-0.2, -0.15) is 0 Å². The van der Waals surface area contributed by atoms with Crippen molar-refractivity contribution in [1.82, 2.24) is 4.90 Å². The van der Waals surface area contributed by atoms with E-state index in [2.05, 4.69) is 0 Å². The van der Waals surface area contributed by atoms with E-state index >= 15 is 0 Å². The van der Waals surface area contributed by atoms with E-state index in [0.29, 0.717) is 27.9 Å². The molecule has 168 valence electrons. The Bertz CT molecular complexity index is 1260. The van der Waals surface area contributed by atoms with Gasteiger partial charge in [0.05, 0.1) is 22.0 Å². The van der Waals surface area contributed by atoms with Crippen LogP contribution in [-0.2, 0) is 4.79 Å². The van der Waals surface area contributed by atoms with Crippen molar-refractivity contribution in [2.75, 3.05) is 13.2 Å². The molecule has 0 bridgehead atoms. The molecule has 1 N–H and O–H groups in total. The molecule has 1 aliphatic rings. The minimum absolute atomic E-state index is 0.0707. The lowest BCUT2D eigenvalue weighted by Crippen LogP contribution is -2.32. The minimum Gasteiger partial charge on any atom is -0.492 e. The first-order valence-electron chi connectivity index (χ1n) is 9.90. The average molecular weight is 484 g/mol. The maximum absolute atomic E-state index is 12.7. The number of imide groups is 1. The Morgan fingerprint density at radius 3 is 2.64 bits per heavy atom. The molecule has 0 spiro atoms. The van der Waals surface area contributed by atoms with E-state index in [0.717, 1.165) is 22.2 Å². The number of rotatable bonds is 7. The topological polar surface area (TPSA) is 97.1 Å². The van der Waals surface area contributed by atoms with Crippen molar-refractivity contribution in [1.29, 1.82) is 0 Å². The molecular formula is C24H18ClNO6S. The van der Waals surface area contributed by atoms with Crippen LogP contribution in [-0.4, -0.2) is 40.3 Å². The molecule has 1 aliphatic heterocycles. The summed E-state index contributed by atoms with van der Waals surface area (Å²) >= 11 is 7.01. The molecule has 9 heteroatoms. The van der Waals surface area contributed by atoms with Crippen LogP contribution >= 0.6 is 23.4 Å². The van der Waals surface area contributed by atoms with E-state index < -0.39 is 11.9 Å². The lowest BCUT2D eigenvalue weighted by molar-refractivity contribution is -0.123. The third-order valence-corrected chi connectivity index (χ3v) is 6.09. The Hall–Kier alpha value is -3.49. The standard InChI is InChI=1S/C24H18ClNO6S/c1-14-2-5-16(6-3-14)31-11-10-26-22(27)21(33-24(26)30)13-17-7-9-20(32-17)18-12-15(23(28)29)4-8-19(18)25/h2-9,12-13H,10-11H2,1H3,(H,28,29)/b21-13-. The molecule has 2 heterocycles. The Morgan fingerprint density at radius 1 is 1.15 bits per heavy atom. The largest absolute Gasteiger partial charge is 0.492 e. The van der Waals surface area contributed by atoms with Crippen molar-refractivity contribution in [3.63, 3.8) is 0 Å². The van der Waals surface area contributed by atoms with E-state index in [-0.39, 0.29) is 28.9 Å². The maximum atomic E-state index is 12.7. The van der Waals surface area contributed by atoms with E-state index in [9.17, 15) is 19.5 Å². The van der Waals surface area contributed by atoms with Crippen molar-refractivity contribution in [2.24, 2.45) is 0 Å². The van der Waals surface area contributed by atoms with Gasteiger partial charge in [-0.1, -0.05) is 29.3 Å². The molecule has 4 rings (SSSR count). The quantitative estimate of drug-likeness (QED) is 0.429. The molecule has 0 atom stereocenters. The van der Waals surface area contributed by atoms with Gasteiger partial charge in [-0.25, -0.2) is 4.79 Å². The lowest BCUT2D eigenvalue weighted by Gasteiger charge is -2.13. The van der Waals surface area contributed by atoms with Gasteiger partial charge in [0.2, 0.25) is 0 Å². The van der Waals surface area contributed by atoms with Gasteiger partial charge >= 0.3 is 5.97 Å². The van der Waals surface area contributed by atoms with Crippen LogP contribution in [0.15, 0.2) is 63.9 Å². The number of amides is 2. The predicted octanol–water partition coefficient (Wildman–Crippen LogP) is 5.72. The number of nitrogens with zero attached hydrogens (tertiary/aromatic N) is 1. The number of aromatic carboxylic acids is 1. The normalized spacial score (nSPS) is 14.8. The Kier molecular flexibility index (Phi) is 6.57. The second kappa shape index (κ2) is 9.56. The van der Waals surface area contributed by atoms with E-state index in [1.165, 1.54) is 24.3 Å². The molecule has 1 saturated heterocycles. The number of carboxylic acid groups (broad SMARTS) is 1. The number of furan rings is 1. The molecule has 0 saturated carbocycles. The van der Waals surface area contributed by atoms with Crippen LogP contribution in [0.4, 0.5) is 4.79 Å². The molecular weight excluding hydrogens is 466 g/mol. The first-order chi connectivity index (χ1) is 15.8. The predicted molar refractivity (Wildman–Crippen MR) is 125 cm³/mol. The summed E-state index contributed by atoms with van der Waals surface area (Å²) < 4.78 is 11.4. The molecule has 0 unspecified atom stereocenters. The van der Waals surface area contributed by atoms with E-state index in [1.807, 2.05) is 31.2 Å². The monoisotopic (exact) mass is 483 g/mol. The number of aryl methyl sites for hydroxylation is 1. The van der Waals surface area contributed by atoms with Crippen LogP contribution in [0.2, 0.25) is 5.02 Å². The number of halogens is 1. The second-order valence-corrected chi connectivity index (χ2v) is 8.60. The molecule has 3 aromatic rings. The third-order valence-electron chi connectivity index (χ3n) is 4.86. The second-order valence-electron chi connectivity index (χ2n) is 7.20. The number of hydrogen-bond acceptors (Lipinski definition) is 6. The summed E-state index contributed by atoms with van der Waals surface area (Å²) in [7, 11) is 0. The van der Waals surface area contributed by atoms with E-state index in [4.69, 9.17) is 20.8 Å². The van der Waals surface area contributed by atoms with Gasteiger partial charge in [-0.3, -0.25) is 14.5 Å². The third kappa shape index (κ3) is 5.13. The number of hydrogen-bond donors (Lipinski definition) is 1. The van der Waals surface area contributed by atoms with Crippen LogP contribution < -0.4 is 4.74 Å². The number of ether oxygens (including phenoxy) is 1. The number of benzene rings is 2. The molecule has 2 aromatic carbocycles. The smallest absolute Gasteiger partial charge is 0.335 e. The number of carboxylic acids is 1. The summed E-state index contributed by atoms with van der Waals surface area (Å²) in [5.74, 6) is -0.166. The van der Waals surface area contributed by atoms with Crippen molar-refractivity contribution < 1.29 is 28.6 Å². The molecule has 0 radical (unpaired) electrons. The molecule has 33 heavy (non-hydrogen) atoms. The highest BCUT2D eigenvalue weighted by Crippen LogP contribution is 2.35. The van der Waals surface area contributed by atoms with Gasteiger partial charge in [-0.05, 0) is 61.2 Å². The molecule has 7 nitrogen and oxygen atoms in total. The van der Waals surface area contributed by atoms with Crippen LogP contribution in [0.25, 0.3) is 17.4 Å². The van der Waals surface area contributed by atoms with Crippen LogP contribution in [0.3, 0.4) is 0 Å². The first kappa shape index (κ1) is 22.7. The zero-order valence-electron chi connectivity index (χ0n) is 17.4. The van der Waals surface area contributed by atoms with Gasteiger partial charge in [-0.15, -0.1) is 0 Å². The van der Waals surface area contributed by atoms with Gasteiger partial charge in [0.25, 0.3) is 11.1 Å². The van der Waals surface area contributed by atoms with Crippen molar-refractivity contribution >= 4 is 46.6 Å². The molecule has 1 aromatic heterocycles. The van der Waals surface area contributed by atoms with Crippen molar-refractivity contribution in [3.05, 3.63) is 81.4 Å². The minimum atomic E-state index is -1.08. The van der Waals surface area contributed by atoms with Crippen molar-refractivity contribution in [2.45, 2.75) is 6.92 Å². The molecule has 2 amide bonds. The summed E-state index contributed by atoms with van der Waals surface area (Å²) in [5.41, 5.74) is 1.59.